The molecule has 0 saturated heterocycles. The Morgan fingerprint density at radius 3 is 2.55 bits per heavy atom. The highest BCUT2D eigenvalue weighted by Crippen LogP contribution is 2.28. The van der Waals surface area contributed by atoms with Crippen molar-refractivity contribution < 1.29 is 19.1 Å². The molecule has 1 aliphatic rings. The smallest absolute Gasteiger partial charge is 0.270 e. The summed E-state index contributed by atoms with van der Waals surface area (Å²) in [6, 6.07) is 14.3. The summed E-state index contributed by atoms with van der Waals surface area (Å²) in [5, 5.41) is 8.37. The van der Waals surface area contributed by atoms with Crippen LogP contribution in [0.4, 0.5) is 5.69 Å². The number of aromatic nitrogens is 2. The van der Waals surface area contributed by atoms with Crippen LogP contribution in [0.15, 0.2) is 54.9 Å². The van der Waals surface area contributed by atoms with Crippen molar-refractivity contribution in [3.8, 4) is 5.75 Å². The average molecular weight is 445 g/mol. The Morgan fingerprint density at radius 1 is 1.06 bits per heavy atom. The zero-order valence-electron chi connectivity index (χ0n) is 18.2. The minimum atomic E-state index is -0.448. The molecule has 0 saturated carbocycles. The number of benzene rings is 2. The third-order valence-corrected chi connectivity index (χ3v) is 5.19. The lowest BCUT2D eigenvalue weighted by molar-refractivity contribution is -0.118. The van der Waals surface area contributed by atoms with Crippen LogP contribution in [-0.4, -0.2) is 34.3 Å². The summed E-state index contributed by atoms with van der Waals surface area (Å²) in [6.07, 6.45) is 1.19. The molecule has 2 aromatic carbocycles. The Labute approximate surface area is 190 Å². The molecule has 0 aliphatic carbocycles. The van der Waals surface area contributed by atoms with E-state index in [1.54, 1.807) is 18.2 Å². The van der Waals surface area contributed by atoms with Gasteiger partial charge in [-0.3, -0.25) is 14.4 Å². The minimum Gasteiger partial charge on any atom is -0.482 e. The molecule has 0 fully saturated rings. The van der Waals surface area contributed by atoms with Gasteiger partial charge < -0.3 is 20.7 Å². The molecule has 2 heterocycles. The molecule has 0 radical (unpaired) electrons. The third kappa shape index (κ3) is 5.32. The molecule has 1 aliphatic heterocycles. The van der Waals surface area contributed by atoms with Crippen LogP contribution in [0.3, 0.4) is 0 Å². The van der Waals surface area contributed by atoms with E-state index in [9.17, 15) is 14.4 Å². The van der Waals surface area contributed by atoms with E-state index in [1.165, 1.54) is 12.4 Å². The maximum absolute atomic E-state index is 12.6. The lowest BCUT2D eigenvalue weighted by Crippen LogP contribution is -2.29. The van der Waals surface area contributed by atoms with E-state index in [1.807, 2.05) is 38.1 Å². The number of carbonyl (C=O) groups is 3. The normalized spacial score (nSPS) is 13.2. The molecule has 1 aromatic heterocycles. The van der Waals surface area contributed by atoms with E-state index in [-0.39, 0.29) is 36.5 Å². The maximum atomic E-state index is 12.6. The molecular formula is C24H23N5O4. The molecule has 33 heavy (non-hydrogen) atoms. The Bertz CT molecular complexity index is 1210. The van der Waals surface area contributed by atoms with Crippen molar-refractivity contribution in [3.63, 3.8) is 0 Å². The zero-order valence-corrected chi connectivity index (χ0v) is 18.2. The molecule has 9 heteroatoms. The van der Waals surface area contributed by atoms with E-state index < -0.39 is 11.8 Å². The zero-order chi connectivity index (χ0) is 23.4. The maximum Gasteiger partial charge on any atom is 0.270 e. The fourth-order valence-corrected chi connectivity index (χ4v) is 3.33. The van der Waals surface area contributed by atoms with Crippen LogP contribution in [0.2, 0.25) is 0 Å². The number of carbonyl (C=O) groups excluding carboxylic acids is 3. The molecule has 0 unspecified atom stereocenters. The summed E-state index contributed by atoms with van der Waals surface area (Å²) in [6.45, 7) is 4.07. The number of anilines is 1. The lowest BCUT2D eigenvalue weighted by atomic mass is 10.1. The fourth-order valence-electron chi connectivity index (χ4n) is 3.33. The summed E-state index contributed by atoms with van der Waals surface area (Å²) in [5.74, 6) is -0.496. The number of hydrogen-bond acceptors (Lipinski definition) is 6. The Morgan fingerprint density at radius 2 is 1.79 bits per heavy atom. The highest BCUT2D eigenvalue weighted by atomic mass is 16.5. The molecule has 9 nitrogen and oxygen atoms in total. The average Bonchev–Trinajstić information content (AvgIpc) is 2.82. The van der Waals surface area contributed by atoms with E-state index in [2.05, 4.69) is 25.9 Å². The highest BCUT2D eigenvalue weighted by Gasteiger charge is 2.18. The van der Waals surface area contributed by atoms with Gasteiger partial charge in [0, 0.05) is 12.6 Å². The number of nitrogens with zero attached hydrogens (tertiary/aromatic N) is 2. The van der Waals surface area contributed by atoms with Gasteiger partial charge in [-0.25, -0.2) is 9.97 Å². The molecule has 4 rings (SSSR count). The number of amides is 3. The van der Waals surface area contributed by atoms with Crippen molar-refractivity contribution >= 4 is 23.4 Å². The number of nitrogens with one attached hydrogen (secondary N) is 3. The second-order valence-electron chi connectivity index (χ2n) is 7.74. The van der Waals surface area contributed by atoms with Gasteiger partial charge in [-0.1, -0.05) is 35.9 Å². The van der Waals surface area contributed by atoms with Crippen LogP contribution in [-0.2, 0) is 11.3 Å². The lowest BCUT2D eigenvalue weighted by Gasteiger charge is -2.18. The first-order valence-corrected chi connectivity index (χ1v) is 10.4. The second-order valence-corrected chi connectivity index (χ2v) is 7.74. The highest BCUT2D eigenvalue weighted by molar-refractivity contribution is 5.97. The standard InChI is InChI=1S/C24H23N5O4/c1-14-3-6-17(7-4-14)15(2)28-24(32)20-10-19(26-13-27-20)23(31)25-11-16-5-8-21-18(9-16)29-22(30)12-33-21/h3-10,13,15H,11-12H2,1-2H3,(H,25,31)(H,28,32)(H,29,30)/t15-/m0/s1. The van der Waals surface area contributed by atoms with E-state index in [0.717, 1.165) is 16.7 Å². The van der Waals surface area contributed by atoms with Gasteiger partial charge in [-0.15, -0.1) is 0 Å². The molecule has 0 bridgehead atoms. The minimum absolute atomic E-state index is 0.0174. The van der Waals surface area contributed by atoms with Crippen molar-refractivity contribution in [1.29, 1.82) is 0 Å². The van der Waals surface area contributed by atoms with Crippen molar-refractivity contribution in [2.45, 2.75) is 26.4 Å². The summed E-state index contributed by atoms with van der Waals surface area (Å²) in [5.41, 5.74) is 3.61. The van der Waals surface area contributed by atoms with Crippen molar-refractivity contribution in [2.75, 3.05) is 11.9 Å². The van der Waals surface area contributed by atoms with Gasteiger partial charge in [0.1, 0.15) is 23.5 Å². The van der Waals surface area contributed by atoms with Crippen LogP contribution in [0.1, 0.15) is 50.6 Å². The van der Waals surface area contributed by atoms with Crippen molar-refractivity contribution in [2.24, 2.45) is 0 Å². The van der Waals surface area contributed by atoms with Crippen LogP contribution in [0.5, 0.6) is 5.75 Å². The van der Waals surface area contributed by atoms with Crippen LogP contribution < -0.4 is 20.7 Å². The van der Waals surface area contributed by atoms with Gasteiger partial charge in [0.05, 0.1) is 11.7 Å². The van der Waals surface area contributed by atoms with Crippen LogP contribution >= 0.6 is 0 Å². The Balaban J connectivity index is 1.38. The molecule has 3 amide bonds. The molecule has 0 spiro atoms. The quantitative estimate of drug-likeness (QED) is 0.536. The number of rotatable bonds is 6. The fraction of sp³-hybridized carbons (Fsp3) is 0.208. The third-order valence-electron chi connectivity index (χ3n) is 5.19. The number of aryl methyl sites for hydroxylation is 1. The van der Waals surface area contributed by atoms with Gasteiger partial charge in [0.15, 0.2) is 6.61 Å². The SMILES string of the molecule is Cc1ccc([C@H](C)NC(=O)c2cc(C(=O)NCc3ccc4c(c3)NC(=O)CO4)ncn2)cc1. The first-order chi connectivity index (χ1) is 15.9. The number of hydrogen-bond donors (Lipinski definition) is 3. The predicted octanol–water partition coefficient (Wildman–Crippen LogP) is 2.54. The second kappa shape index (κ2) is 9.47. The Kier molecular flexibility index (Phi) is 6.30. The van der Waals surface area contributed by atoms with Crippen molar-refractivity contribution in [1.82, 2.24) is 20.6 Å². The Hall–Kier alpha value is -4.27. The molecule has 1 atom stereocenters. The van der Waals surface area contributed by atoms with Crippen LogP contribution in [0, 0.1) is 6.92 Å². The first kappa shape index (κ1) is 21.9. The van der Waals surface area contributed by atoms with E-state index >= 15 is 0 Å². The predicted molar refractivity (Wildman–Crippen MR) is 121 cm³/mol. The van der Waals surface area contributed by atoms with E-state index in [4.69, 9.17) is 4.74 Å². The topological polar surface area (TPSA) is 122 Å². The largest absolute Gasteiger partial charge is 0.482 e. The van der Waals surface area contributed by atoms with Gasteiger partial charge >= 0.3 is 0 Å². The van der Waals surface area contributed by atoms with Gasteiger partial charge in [-0.05, 0) is 37.1 Å². The molecular weight excluding hydrogens is 422 g/mol. The number of fused-ring (bicyclic) bond motifs is 1. The summed E-state index contributed by atoms with van der Waals surface area (Å²) >= 11 is 0. The molecule has 168 valence electrons. The van der Waals surface area contributed by atoms with Crippen molar-refractivity contribution in [3.05, 3.63) is 82.9 Å². The first-order valence-electron chi connectivity index (χ1n) is 10.4. The summed E-state index contributed by atoms with van der Waals surface area (Å²) in [7, 11) is 0. The van der Waals surface area contributed by atoms with Crippen LogP contribution in [0.25, 0.3) is 0 Å². The van der Waals surface area contributed by atoms with Gasteiger partial charge in [0.25, 0.3) is 17.7 Å². The number of ether oxygens (including phenoxy) is 1. The molecule has 3 aromatic rings. The molecule has 3 N–H and O–H groups in total. The summed E-state index contributed by atoms with van der Waals surface area (Å²) < 4.78 is 5.33. The van der Waals surface area contributed by atoms with Gasteiger partial charge in [0.2, 0.25) is 0 Å². The van der Waals surface area contributed by atoms with Gasteiger partial charge in [-0.2, -0.15) is 0 Å². The van der Waals surface area contributed by atoms with E-state index in [0.29, 0.717) is 11.4 Å². The summed E-state index contributed by atoms with van der Waals surface area (Å²) in [4.78, 5) is 44.7. The monoisotopic (exact) mass is 445 g/mol.